The highest BCUT2D eigenvalue weighted by molar-refractivity contribution is 6.10. The van der Waals surface area contributed by atoms with Crippen LogP contribution in [0.1, 0.15) is 64.1 Å². The quantitative estimate of drug-likeness (QED) is 0.373. The van der Waals surface area contributed by atoms with Crippen molar-refractivity contribution in [2.75, 3.05) is 12.0 Å². The van der Waals surface area contributed by atoms with E-state index in [0.717, 1.165) is 17.5 Å². The third-order valence-corrected chi connectivity index (χ3v) is 8.87. The molecule has 2 aromatic carbocycles. The molecule has 2 fully saturated rings. The minimum absolute atomic E-state index is 0.00667. The van der Waals surface area contributed by atoms with Gasteiger partial charge in [0, 0.05) is 43.9 Å². The first-order valence-electron chi connectivity index (χ1n) is 13.5. The van der Waals surface area contributed by atoms with E-state index in [2.05, 4.69) is 15.5 Å². The number of fused-ring (bicyclic) bond motifs is 1. The molecule has 1 aromatic heterocycles. The number of hydrogen-bond acceptors (Lipinski definition) is 5. The van der Waals surface area contributed by atoms with Gasteiger partial charge in [-0.3, -0.25) is 4.79 Å². The van der Waals surface area contributed by atoms with Crippen molar-refractivity contribution < 1.29 is 31.5 Å². The van der Waals surface area contributed by atoms with Crippen LogP contribution in [0.2, 0.25) is 0 Å². The Morgan fingerprint density at radius 1 is 1.17 bits per heavy atom. The van der Waals surface area contributed by atoms with Crippen LogP contribution >= 0.6 is 0 Å². The van der Waals surface area contributed by atoms with E-state index in [1.165, 1.54) is 11.0 Å². The van der Waals surface area contributed by atoms with Crippen LogP contribution in [0.3, 0.4) is 0 Å². The van der Waals surface area contributed by atoms with E-state index in [-0.39, 0.29) is 49.2 Å². The maximum atomic E-state index is 14.2. The molecule has 0 radical (unpaired) electrons. The van der Waals surface area contributed by atoms with Gasteiger partial charge in [0.05, 0.1) is 23.6 Å². The summed E-state index contributed by atoms with van der Waals surface area (Å²) in [5, 5.41) is 11.4. The van der Waals surface area contributed by atoms with Gasteiger partial charge in [-0.2, -0.15) is 13.2 Å². The standard InChI is InChI=1S/C29H30F5N5O2/c1-38-15-36-37-27(38)28(11-21(12-28)41-2)18-4-3-5-20(10-18)39-14-23-22(26(39)40)6-16(7-24(23)29(32,33)34)13-35-19-8-17(9-19)25(30)31/h3-7,10,15,17,19,21,25,35H,8-9,11-14H2,1-2H3/t17?,19?,21-,28-. The summed E-state index contributed by atoms with van der Waals surface area (Å²) in [6.45, 7) is -0.156. The Morgan fingerprint density at radius 2 is 1.93 bits per heavy atom. The number of hydrogen-bond donors (Lipinski definition) is 1. The minimum Gasteiger partial charge on any atom is -0.381 e. The van der Waals surface area contributed by atoms with Crippen molar-refractivity contribution in [3.8, 4) is 0 Å². The molecule has 7 nitrogen and oxygen atoms in total. The first-order chi connectivity index (χ1) is 19.5. The van der Waals surface area contributed by atoms with Gasteiger partial charge in [0.25, 0.3) is 5.91 Å². The summed E-state index contributed by atoms with van der Waals surface area (Å²) < 4.78 is 75.5. The maximum Gasteiger partial charge on any atom is 0.416 e. The molecule has 0 atom stereocenters. The van der Waals surface area contributed by atoms with Crippen molar-refractivity contribution in [3.63, 3.8) is 0 Å². The van der Waals surface area contributed by atoms with E-state index in [1.807, 2.05) is 23.7 Å². The topological polar surface area (TPSA) is 72.3 Å². The molecule has 3 aliphatic rings. The molecule has 0 spiro atoms. The highest BCUT2D eigenvalue weighted by Gasteiger charge is 2.50. The molecule has 1 aliphatic heterocycles. The summed E-state index contributed by atoms with van der Waals surface area (Å²) >= 11 is 0. The number of nitrogens with zero attached hydrogens (tertiary/aromatic N) is 4. The average Bonchev–Trinajstić information content (AvgIpc) is 3.45. The van der Waals surface area contributed by atoms with Gasteiger partial charge < -0.3 is 19.5 Å². The highest BCUT2D eigenvalue weighted by atomic mass is 19.4. The van der Waals surface area contributed by atoms with E-state index >= 15 is 0 Å². The van der Waals surface area contributed by atoms with Crippen molar-refractivity contribution in [1.29, 1.82) is 0 Å². The third-order valence-electron chi connectivity index (χ3n) is 8.87. The van der Waals surface area contributed by atoms with Crippen molar-refractivity contribution >= 4 is 11.6 Å². The summed E-state index contributed by atoms with van der Waals surface area (Å²) in [5.41, 5.74) is 0.255. The second kappa shape index (κ2) is 10.2. The molecule has 0 bridgehead atoms. The third kappa shape index (κ3) is 4.80. The number of halogens is 5. The molecule has 41 heavy (non-hydrogen) atoms. The number of carbonyl (C=O) groups excluding carboxylic acids is 1. The average molecular weight is 576 g/mol. The van der Waals surface area contributed by atoms with Crippen LogP contribution < -0.4 is 10.2 Å². The Morgan fingerprint density at radius 3 is 2.56 bits per heavy atom. The molecular formula is C29H30F5N5O2. The molecule has 2 aliphatic carbocycles. The van der Waals surface area contributed by atoms with Crippen LogP contribution in [0.15, 0.2) is 42.7 Å². The Hall–Kier alpha value is -3.38. The fraction of sp³-hybridized carbons (Fsp3) is 0.483. The number of nitrogens with one attached hydrogen (secondary N) is 1. The smallest absolute Gasteiger partial charge is 0.381 e. The number of amides is 1. The lowest BCUT2D eigenvalue weighted by Crippen LogP contribution is -2.48. The van der Waals surface area contributed by atoms with Crippen molar-refractivity contribution in [2.45, 2.75) is 68.9 Å². The van der Waals surface area contributed by atoms with Crippen LogP contribution in [-0.4, -0.2) is 46.4 Å². The second-order valence-corrected chi connectivity index (χ2v) is 11.4. The number of rotatable bonds is 8. The first-order valence-corrected chi connectivity index (χ1v) is 13.5. The van der Waals surface area contributed by atoms with Gasteiger partial charge in [0.2, 0.25) is 6.43 Å². The fourth-order valence-electron chi connectivity index (χ4n) is 6.45. The van der Waals surface area contributed by atoms with Gasteiger partial charge in [-0.05, 0) is 66.6 Å². The van der Waals surface area contributed by atoms with Crippen LogP contribution in [0.5, 0.6) is 0 Å². The molecule has 1 N–H and O–H groups in total. The van der Waals surface area contributed by atoms with E-state index in [1.54, 1.807) is 25.6 Å². The monoisotopic (exact) mass is 575 g/mol. The van der Waals surface area contributed by atoms with E-state index in [4.69, 9.17) is 4.74 Å². The summed E-state index contributed by atoms with van der Waals surface area (Å²) in [5.74, 6) is -0.443. The zero-order valence-corrected chi connectivity index (χ0v) is 22.6. The largest absolute Gasteiger partial charge is 0.416 e. The normalized spacial score (nSPS) is 25.8. The Balaban J connectivity index is 1.28. The van der Waals surface area contributed by atoms with Crippen LogP contribution in [0, 0.1) is 5.92 Å². The predicted molar refractivity (Wildman–Crippen MR) is 140 cm³/mol. The Bertz CT molecular complexity index is 1460. The highest BCUT2D eigenvalue weighted by Crippen LogP contribution is 2.50. The number of benzene rings is 2. The lowest BCUT2D eigenvalue weighted by Gasteiger charge is -2.46. The number of carbonyl (C=O) groups is 1. The molecule has 0 saturated heterocycles. The number of aromatic nitrogens is 3. The molecule has 1 amide bonds. The summed E-state index contributed by atoms with van der Waals surface area (Å²) in [7, 11) is 3.51. The maximum absolute atomic E-state index is 14.2. The van der Waals surface area contributed by atoms with E-state index < -0.39 is 35.4 Å². The van der Waals surface area contributed by atoms with Gasteiger partial charge in [-0.25, -0.2) is 8.78 Å². The summed E-state index contributed by atoms with van der Waals surface area (Å²) in [6, 6.07) is 9.66. The summed E-state index contributed by atoms with van der Waals surface area (Å²) in [6.07, 6.45) is -3.55. The van der Waals surface area contributed by atoms with E-state index in [9.17, 15) is 26.7 Å². The van der Waals surface area contributed by atoms with Gasteiger partial charge in [0.15, 0.2) is 0 Å². The lowest BCUT2D eigenvalue weighted by atomic mass is 9.62. The van der Waals surface area contributed by atoms with E-state index in [0.29, 0.717) is 24.1 Å². The number of methoxy groups -OCH3 is 1. The zero-order chi connectivity index (χ0) is 29.1. The van der Waals surface area contributed by atoms with Crippen LogP contribution in [0.4, 0.5) is 27.6 Å². The van der Waals surface area contributed by atoms with Gasteiger partial charge in [-0.1, -0.05) is 12.1 Å². The Labute approximate surface area is 233 Å². The molecule has 0 unspecified atom stereocenters. The summed E-state index contributed by atoms with van der Waals surface area (Å²) in [4.78, 5) is 15.0. The molecule has 2 heterocycles. The first kappa shape index (κ1) is 27.8. The molecular weight excluding hydrogens is 545 g/mol. The van der Waals surface area contributed by atoms with Crippen LogP contribution in [-0.2, 0) is 36.5 Å². The molecule has 12 heteroatoms. The SMILES string of the molecule is CO[C@H]1C[C@](c2cccc(N3Cc4c(cc(CNC5CC(C(F)F)C5)cc4C(F)(F)F)C3=O)c2)(c2nncn2C)C1. The van der Waals surface area contributed by atoms with Crippen molar-refractivity contribution in [1.82, 2.24) is 20.1 Å². The molecule has 2 saturated carbocycles. The van der Waals surface area contributed by atoms with Crippen molar-refractivity contribution in [2.24, 2.45) is 13.0 Å². The fourth-order valence-corrected chi connectivity index (χ4v) is 6.45. The molecule has 218 valence electrons. The van der Waals surface area contributed by atoms with Crippen molar-refractivity contribution in [3.05, 3.63) is 76.4 Å². The molecule has 6 rings (SSSR count). The zero-order valence-electron chi connectivity index (χ0n) is 22.6. The van der Waals surface area contributed by atoms with Gasteiger partial charge >= 0.3 is 6.18 Å². The van der Waals surface area contributed by atoms with Gasteiger partial charge in [0.1, 0.15) is 12.2 Å². The second-order valence-electron chi connectivity index (χ2n) is 11.4. The number of aryl methyl sites for hydroxylation is 1. The predicted octanol–water partition coefficient (Wildman–Crippen LogP) is 5.22. The Kier molecular flexibility index (Phi) is 6.88. The lowest BCUT2D eigenvalue weighted by molar-refractivity contribution is -0.138. The molecule has 3 aromatic rings. The van der Waals surface area contributed by atoms with Crippen LogP contribution in [0.25, 0.3) is 0 Å². The number of alkyl halides is 5. The van der Waals surface area contributed by atoms with Gasteiger partial charge in [-0.15, -0.1) is 10.2 Å². The number of anilines is 1. The minimum atomic E-state index is -4.66. The number of ether oxygens (including phenoxy) is 1.